The van der Waals surface area contributed by atoms with Crippen LogP contribution < -0.4 is 11.1 Å². The van der Waals surface area contributed by atoms with Crippen LogP contribution in [0.15, 0.2) is 40.9 Å². The Morgan fingerprint density at radius 3 is 2.79 bits per heavy atom. The van der Waals surface area contributed by atoms with E-state index in [1.165, 1.54) is 0 Å². The second kappa shape index (κ2) is 5.63. The van der Waals surface area contributed by atoms with Crippen LogP contribution >= 0.6 is 27.5 Å². The van der Waals surface area contributed by atoms with Crippen LogP contribution in [-0.2, 0) is 0 Å². The molecule has 1 amide bonds. The molecule has 2 rings (SSSR count). The van der Waals surface area contributed by atoms with Gasteiger partial charge in [-0.25, -0.2) is 0 Å². The number of carbonyl (C=O) groups excluding carboxylic acids is 1. The van der Waals surface area contributed by atoms with E-state index in [0.717, 1.165) is 10.0 Å². The number of rotatable bonds is 2. The van der Waals surface area contributed by atoms with Crippen LogP contribution in [-0.4, -0.2) is 5.91 Å². The Morgan fingerprint density at radius 2 is 2.05 bits per heavy atom. The maximum Gasteiger partial charge on any atom is 0.256 e. The van der Waals surface area contributed by atoms with Crippen LogP contribution in [0.25, 0.3) is 0 Å². The van der Waals surface area contributed by atoms with E-state index in [1.807, 2.05) is 19.1 Å². The van der Waals surface area contributed by atoms with Gasteiger partial charge in [0.1, 0.15) is 0 Å². The maximum absolute atomic E-state index is 12.2. The van der Waals surface area contributed by atoms with E-state index in [9.17, 15) is 4.79 Å². The largest absolute Gasteiger partial charge is 0.399 e. The van der Waals surface area contributed by atoms with Crippen molar-refractivity contribution in [1.82, 2.24) is 0 Å². The van der Waals surface area contributed by atoms with Crippen molar-refractivity contribution in [2.24, 2.45) is 0 Å². The molecule has 19 heavy (non-hydrogen) atoms. The van der Waals surface area contributed by atoms with Crippen molar-refractivity contribution in [3.8, 4) is 0 Å². The summed E-state index contributed by atoms with van der Waals surface area (Å²) in [6, 6.07) is 10.4. The number of nitrogens with two attached hydrogens (primary N) is 1. The first kappa shape index (κ1) is 13.9. The van der Waals surface area contributed by atoms with Crippen molar-refractivity contribution in [2.45, 2.75) is 6.92 Å². The molecule has 0 heterocycles. The number of nitrogen functional groups attached to an aromatic ring is 1. The number of carbonyl (C=O) groups is 1. The van der Waals surface area contributed by atoms with Gasteiger partial charge in [-0.15, -0.1) is 0 Å². The zero-order valence-corrected chi connectivity index (χ0v) is 12.5. The summed E-state index contributed by atoms with van der Waals surface area (Å²) >= 11 is 9.42. The number of hydrogen-bond acceptors (Lipinski definition) is 2. The van der Waals surface area contributed by atoms with E-state index in [2.05, 4.69) is 21.2 Å². The smallest absolute Gasteiger partial charge is 0.256 e. The van der Waals surface area contributed by atoms with Crippen LogP contribution in [0.1, 0.15) is 15.9 Å². The van der Waals surface area contributed by atoms with E-state index in [4.69, 9.17) is 17.3 Å². The van der Waals surface area contributed by atoms with Crippen molar-refractivity contribution in [1.29, 1.82) is 0 Å². The molecule has 0 aliphatic heterocycles. The first-order valence-electron chi connectivity index (χ1n) is 5.60. The Labute approximate surface area is 124 Å². The molecule has 0 aliphatic carbocycles. The Kier molecular flexibility index (Phi) is 4.12. The Balaban J connectivity index is 2.31. The van der Waals surface area contributed by atoms with Gasteiger partial charge in [0.15, 0.2) is 0 Å². The SMILES string of the molecule is Cc1c(Br)cccc1C(=O)Nc1cc(N)ccc1Cl. The lowest BCUT2D eigenvalue weighted by Gasteiger charge is -2.10. The Bertz CT molecular complexity index is 643. The molecular formula is C14H12BrClN2O. The van der Waals surface area contributed by atoms with Crippen molar-refractivity contribution in [3.63, 3.8) is 0 Å². The van der Waals surface area contributed by atoms with Crippen molar-refractivity contribution >= 4 is 44.8 Å². The quantitative estimate of drug-likeness (QED) is 0.804. The standard InChI is InChI=1S/C14H12BrClN2O/c1-8-10(3-2-4-11(8)15)14(19)18-13-7-9(17)5-6-12(13)16/h2-7H,17H2,1H3,(H,18,19). The average Bonchev–Trinajstić information content (AvgIpc) is 2.37. The van der Waals surface area contributed by atoms with E-state index >= 15 is 0 Å². The number of benzene rings is 2. The van der Waals surface area contributed by atoms with E-state index < -0.39 is 0 Å². The van der Waals surface area contributed by atoms with Crippen molar-refractivity contribution in [3.05, 3.63) is 57.0 Å². The van der Waals surface area contributed by atoms with Gasteiger partial charge in [0.05, 0.1) is 10.7 Å². The van der Waals surface area contributed by atoms with Gasteiger partial charge in [0.2, 0.25) is 0 Å². The minimum Gasteiger partial charge on any atom is -0.399 e. The zero-order chi connectivity index (χ0) is 14.0. The summed E-state index contributed by atoms with van der Waals surface area (Å²) in [6.07, 6.45) is 0. The van der Waals surface area contributed by atoms with Crippen LogP contribution in [0, 0.1) is 6.92 Å². The number of halogens is 2. The minimum atomic E-state index is -0.216. The summed E-state index contributed by atoms with van der Waals surface area (Å²) in [4.78, 5) is 12.2. The molecule has 2 aromatic rings. The molecule has 0 aliphatic rings. The molecule has 5 heteroatoms. The normalized spacial score (nSPS) is 10.3. The summed E-state index contributed by atoms with van der Waals surface area (Å²) in [5.41, 5.74) is 8.20. The third-order valence-electron chi connectivity index (χ3n) is 2.75. The fourth-order valence-corrected chi connectivity index (χ4v) is 2.21. The molecule has 0 atom stereocenters. The minimum absolute atomic E-state index is 0.216. The first-order valence-corrected chi connectivity index (χ1v) is 6.77. The van der Waals surface area contributed by atoms with Crippen LogP contribution in [0.5, 0.6) is 0 Å². The molecule has 2 aromatic carbocycles. The lowest BCUT2D eigenvalue weighted by Crippen LogP contribution is -2.14. The molecule has 0 aromatic heterocycles. The number of anilines is 2. The average molecular weight is 340 g/mol. The fourth-order valence-electron chi connectivity index (χ4n) is 1.68. The van der Waals surface area contributed by atoms with Gasteiger partial charge in [-0.05, 0) is 42.8 Å². The van der Waals surface area contributed by atoms with Gasteiger partial charge >= 0.3 is 0 Å². The summed E-state index contributed by atoms with van der Waals surface area (Å²) in [5, 5.41) is 3.22. The zero-order valence-electron chi connectivity index (χ0n) is 10.2. The second-order valence-electron chi connectivity index (χ2n) is 4.11. The highest BCUT2D eigenvalue weighted by Crippen LogP contribution is 2.26. The molecule has 0 unspecified atom stereocenters. The number of nitrogens with one attached hydrogen (secondary N) is 1. The Morgan fingerprint density at radius 1 is 1.32 bits per heavy atom. The summed E-state index contributed by atoms with van der Waals surface area (Å²) in [6.45, 7) is 1.87. The Hall–Kier alpha value is -1.52. The van der Waals surface area contributed by atoms with Crippen LogP contribution in [0.2, 0.25) is 5.02 Å². The van der Waals surface area contributed by atoms with Gasteiger partial charge in [-0.3, -0.25) is 4.79 Å². The first-order chi connectivity index (χ1) is 8.99. The summed E-state index contributed by atoms with van der Waals surface area (Å²) in [5.74, 6) is -0.216. The van der Waals surface area contributed by atoms with Gasteiger partial charge in [-0.1, -0.05) is 33.6 Å². The van der Waals surface area contributed by atoms with Crippen molar-refractivity contribution in [2.75, 3.05) is 11.1 Å². The van der Waals surface area contributed by atoms with Crippen molar-refractivity contribution < 1.29 is 4.79 Å². The highest BCUT2D eigenvalue weighted by Gasteiger charge is 2.12. The van der Waals surface area contributed by atoms with E-state index in [0.29, 0.717) is 22.0 Å². The van der Waals surface area contributed by atoms with Crippen LogP contribution in [0.3, 0.4) is 0 Å². The lowest BCUT2D eigenvalue weighted by atomic mass is 10.1. The predicted octanol–water partition coefficient (Wildman–Crippen LogP) is 4.25. The van der Waals surface area contributed by atoms with Gasteiger partial charge < -0.3 is 11.1 Å². The third kappa shape index (κ3) is 3.08. The molecule has 0 saturated carbocycles. The molecule has 98 valence electrons. The molecule has 0 saturated heterocycles. The van der Waals surface area contributed by atoms with Gasteiger partial charge in [-0.2, -0.15) is 0 Å². The summed E-state index contributed by atoms with van der Waals surface area (Å²) in [7, 11) is 0. The highest BCUT2D eigenvalue weighted by molar-refractivity contribution is 9.10. The number of hydrogen-bond donors (Lipinski definition) is 2. The highest BCUT2D eigenvalue weighted by atomic mass is 79.9. The molecule has 3 N–H and O–H groups in total. The van der Waals surface area contributed by atoms with Crippen LogP contribution in [0.4, 0.5) is 11.4 Å². The number of amides is 1. The maximum atomic E-state index is 12.2. The lowest BCUT2D eigenvalue weighted by molar-refractivity contribution is 0.102. The van der Waals surface area contributed by atoms with E-state index in [1.54, 1.807) is 24.3 Å². The second-order valence-corrected chi connectivity index (χ2v) is 5.37. The topological polar surface area (TPSA) is 55.1 Å². The van der Waals surface area contributed by atoms with Gasteiger partial charge in [0, 0.05) is 15.7 Å². The molecule has 0 bridgehead atoms. The molecular weight excluding hydrogens is 328 g/mol. The molecule has 0 radical (unpaired) electrons. The third-order valence-corrected chi connectivity index (χ3v) is 3.94. The van der Waals surface area contributed by atoms with E-state index in [-0.39, 0.29) is 5.91 Å². The monoisotopic (exact) mass is 338 g/mol. The van der Waals surface area contributed by atoms with Gasteiger partial charge in [0.25, 0.3) is 5.91 Å². The summed E-state index contributed by atoms with van der Waals surface area (Å²) < 4.78 is 0.888. The molecule has 0 spiro atoms. The fraction of sp³-hybridized carbons (Fsp3) is 0.0714. The molecule has 3 nitrogen and oxygen atoms in total. The predicted molar refractivity (Wildman–Crippen MR) is 82.7 cm³/mol. The molecule has 0 fully saturated rings.